The highest BCUT2D eigenvalue weighted by Crippen LogP contribution is 2.11. The Kier molecular flexibility index (Phi) is 9.83. The van der Waals surface area contributed by atoms with Crippen molar-refractivity contribution in [2.24, 2.45) is 11.8 Å². The molecule has 0 aromatic heterocycles. The van der Waals surface area contributed by atoms with E-state index in [1.165, 1.54) is 0 Å². The maximum absolute atomic E-state index is 11.9. The molecule has 3 N–H and O–H groups in total. The van der Waals surface area contributed by atoms with Crippen molar-refractivity contribution in [3.05, 3.63) is 0 Å². The highest BCUT2D eigenvalue weighted by molar-refractivity contribution is 5.81. The highest BCUT2D eigenvalue weighted by Gasteiger charge is 2.27. The standard InChI is InChI=1S/C14H32N4O/c1-6-17(7-2)10-9-11-18(8-3)13(12(4)5)14(19)16-15/h12-13H,6-11,15H2,1-5H3,(H,16,19). The third kappa shape index (κ3) is 6.36. The van der Waals surface area contributed by atoms with Gasteiger partial charge >= 0.3 is 0 Å². The normalized spacial score (nSPS) is 13.3. The molecule has 0 heterocycles. The van der Waals surface area contributed by atoms with E-state index in [2.05, 4.69) is 49.8 Å². The summed E-state index contributed by atoms with van der Waals surface area (Å²) >= 11 is 0. The summed E-state index contributed by atoms with van der Waals surface area (Å²) in [5, 5.41) is 0. The Morgan fingerprint density at radius 2 is 1.68 bits per heavy atom. The molecule has 0 saturated carbocycles. The van der Waals surface area contributed by atoms with Gasteiger partial charge in [-0.25, -0.2) is 5.84 Å². The van der Waals surface area contributed by atoms with E-state index in [-0.39, 0.29) is 17.9 Å². The number of hydrogen-bond acceptors (Lipinski definition) is 4. The minimum atomic E-state index is -0.133. The summed E-state index contributed by atoms with van der Waals surface area (Å²) in [7, 11) is 0. The van der Waals surface area contributed by atoms with E-state index in [1.54, 1.807) is 0 Å². The number of nitrogens with one attached hydrogen (secondary N) is 1. The van der Waals surface area contributed by atoms with Crippen molar-refractivity contribution in [3.63, 3.8) is 0 Å². The molecule has 0 aromatic rings. The molecule has 0 bridgehead atoms. The van der Waals surface area contributed by atoms with E-state index in [0.717, 1.165) is 39.1 Å². The van der Waals surface area contributed by atoms with Gasteiger partial charge in [-0.2, -0.15) is 0 Å². The van der Waals surface area contributed by atoms with Crippen LogP contribution in [0.2, 0.25) is 0 Å². The smallest absolute Gasteiger partial charge is 0.251 e. The van der Waals surface area contributed by atoms with Gasteiger partial charge in [0.25, 0.3) is 5.91 Å². The number of nitrogens with zero attached hydrogens (tertiary/aromatic N) is 2. The van der Waals surface area contributed by atoms with Gasteiger partial charge in [0, 0.05) is 6.54 Å². The van der Waals surface area contributed by atoms with Crippen LogP contribution in [0.4, 0.5) is 0 Å². The van der Waals surface area contributed by atoms with Crippen LogP contribution in [0.1, 0.15) is 41.0 Å². The molecular weight excluding hydrogens is 240 g/mol. The molecule has 19 heavy (non-hydrogen) atoms. The van der Waals surface area contributed by atoms with Crippen LogP contribution in [0.25, 0.3) is 0 Å². The van der Waals surface area contributed by atoms with Gasteiger partial charge in [-0.3, -0.25) is 15.1 Å². The number of amides is 1. The number of rotatable bonds is 10. The first kappa shape index (κ1) is 18.4. The molecule has 0 saturated heterocycles. The molecule has 0 radical (unpaired) electrons. The number of carbonyl (C=O) groups excluding carboxylic acids is 1. The van der Waals surface area contributed by atoms with Crippen molar-refractivity contribution in [1.29, 1.82) is 0 Å². The van der Waals surface area contributed by atoms with E-state index in [0.29, 0.717) is 0 Å². The van der Waals surface area contributed by atoms with Gasteiger partial charge in [0.2, 0.25) is 0 Å². The van der Waals surface area contributed by atoms with Gasteiger partial charge in [-0.1, -0.05) is 34.6 Å². The fraction of sp³-hybridized carbons (Fsp3) is 0.929. The van der Waals surface area contributed by atoms with Gasteiger partial charge in [0.05, 0.1) is 6.04 Å². The maximum atomic E-state index is 11.9. The molecule has 0 aromatic carbocycles. The van der Waals surface area contributed by atoms with Crippen molar-refractivity contribution >= 4 is 5.91 Å². The first-order chi connectivity index (χ1) is 9.01. The van der Waals surface area contributed by atoms with Crippen molar-refractivity contribution in [3.8, 4) is 0 Å². The molecule has 0 rings (SSSR count). The van der Waals surface area contributed by atoms with Crippen LogP contribution in [0.5, 0.6) is 0 Å². The Hall–Kier alpha value is -0.650. The number of likely N-dealkylation sites (N-methyl/N-ethyl adjacent to an activating group) is 1. The molecule has 5 nitrogen and oxygen atoms in total. The molecule has 5 heteroatoms. The second-order valence-corrected chi connectivity index (χ2v) is 5.21. The van der Waals surface area contributed by atoms with Crippen molar-refractivity contribution in [1.82, 2.24) is 15.2 Å². The van der Waals surface area contributed by atoms with E-state index in [4.69, 9.17) is 5.84 Å². The topological polar surface area (TPSA) is 61.6 Å². The molecular formula is C14H32N4O. The van der Waals surface area contributed by atoms with Crippen LogP contribution in [-0.2, 0) is 4.79 Å². The number of hydrogen-bond donors (Lipinski definition) is 2. The zero-order valence-corrected chi connectivity index (χ0v) is 13.3. The van der Waals surface area contributed by atoms with E-state index in [9.17, 15) is 4.79 Å². The van der Waals surface area contributed by atoms with Crippen molar-refractivity contribution < 1.29 is 4.79 Å². The van der Waals surface area contributed by atoms with Crippen LogP contribution in [0, 0.1) is 5.92 Å². The van der Waals surface area contributed by atoms with Crippen LogP contribution in [0.15, 0.2) is 0 Å². The lowest BCUT2D eigenvalue weighted by Gasteiger charge is -2.32. The molecule has 1 amide bonds. The van der Waals surface area contributed by atoms with Gasteiger partial charge in [-0.05, 0) is 38.5 Å². The Balaban J connectivity index is 4.41. The SMILES string of the molecule is CCN(CC)CCCN(CC)C(C(=O)NN)C(C)C. The van der Waals surface area contributed by atoms with Crippen molar-refractivity contribution in [2.75, 3.05) is 32.7 Å². The van der Waals surface area contributed by atoms with Gasteiger partial charge in [0.1, 0.15) is 0 Å². The fourth-order valence-electron chi connectivity index (χ4n) is 2.51. The van der Waals surface area contributed by atoms with Crippen LogP contribution >= 0.6 is 0 Å². The average Bonchev–Trinajstić information content (AvgIpc) is 2.41. The Morgan fingerprint density at radius 1 is 1.11 bits per heavy atom. The first-order valence-electron chi connectivity index (χ1n) is 7.48. The summed E-state index contributed by atoms with van der Waals surface area (Å²) in [6.45, 7) is 15.6. The molecule has 0 fully saturated rings. The molecule has 0 aliphatic heterocycles. The molecule has 1 unspecified atom stereocenters. The number of carbonyl (C=O) groups is 1. The summed E-state index contributed by atoms with van der Waals surface area (Å²) in [5.41, 5.74) is 2.29. The summed E-state index contributed by atoms with van der Waals surface area (Å²) in [4.78, 5) is 16.5. The van der Waals surface area contributed by atoms with E-state index >= 15 is 0 Å². The van der Waals surface area contributed by atoms with Crippen molar-refractivity contribution in [2.45, 2.75) is 47.1 Å². The largest absolute Gasteiger partial charge is 0.304 e. The molecule has 1 atom stereocenters. The monoisotopic (exact) mass is 272 g/mol. The second kappa shape index (κ2) is 10.2. The number of hydrazine groups is 1. The first-order valence-corrected chi connectivity index (χ1v) is 7.48. The second-order valence-electron chi connectivity index (χ2n) is 5.21. The van der Waals surface area contributed by atoms with Crippen LogP contribution in [0.3, 0.4) is 0 Å². The predicted molar refractivity (Wildman–Crippen MR) is 80.6 cm³/mol. The lowest BCUT2D eigenvalue weighted by molar-refractivity contribution is -0.128. The Labute approximate surface area is 118 Å². The predicted octanol–water partition coefficient (Wildman–Crippen LogP) is 1.05. The lowest BCUT2D eigenvalue weighted by Crippen LogP contribution is -2.52. The summed E-state index contributed by atoms with van der Waals surface area (Å²) in [6.07, 6.45) is 1.08. The third-order valence-electron chi connectivity index (χ3n) is 3.66. The molecule has 0 aliphatic rings. The third-order valence-corrected chi connectivity index (χ3v) is 3.66. The number of nitrogens with two attached hydrogens (primary N) is 1. The van der Waals surface area contributed by atoms with Gasteiger partial charge in [-0.15, -0.1) is 0 Å². The minimum absolute atomic E-state index is 0.0836. The van der Waals surface area contributed by atoms with Crippen LogP contribution < -0.4 is 11.3 Å². The summed E-state index contributed by atoms with van der Waals surface area (Å²) in [5.74, 6) is 5.47. The fourth-order valence-corrected chi connectivity index (χ4v) is 2.51. The summed E-state index contributed by atoms with van der Waals surface area (Å²) < 4.78 is 0. The minimum Gasteiger partial charge on any atom is -0.304 e. The van der Waals surface area contributed by atoms with Gasteiger partial charge < -0.3 is 4.90 Å². The zero-order chi connectivity index (χ0) is 14.8. The Morgan fingerprint density at radius 3 is 2.05 bits per heavy atom. The zero-order valence-electron chi connectivity index (χ0n) is 13.3. The van der Waals surface area contributed by atoms with Crippen LogP contribution in [-0.4, -0.2) is 54.5 Å². The molecule has 0 spiro atoms. The Bertz CT molecular complexity index is 242. The van der Waals surface area contributed by atoms with E-state index in [1.807, 2.05) is 0 Å². The summed E-state index contributed by atoms with van der Waals surface area (Å²) in [6, 6.07) is -0.133. The quantitative estimate of drug-likeness (QED) is 0.354. The molecule has 114 valence electrons. The lowest BCUT2D eigenvalue weighted by atomic mass is 10.0. The highest BCUT2D eigenvalue weighted by atomic mass is 16.2. The molecule has 0 aliphatic carbocycles. The van der Waals surface area contributed by atoms with Gasteiger partial charge in [0.15, 0.2) is 0 Å². The maximum Gasteiger partial charge on any atom is 0.251 e. The van der Waals surface area contributed by atoms with E-state index < -0.39 is 0 Å². The average molecular weight is 272 g/mol.